The van der Waals surface area contributed by atoms with Crippen molar-refractivity contribution in [1.82, 2.24) is 15.2 Å². The van der Waals surface area contributed by atoms with Crippen molar-refractivity contribution < 1.29 is 19.5 Å². The van der Waals surface area contributed by atoms with Crippen molar-refractivity contribution in [2.75, 3.05) is 13.1 Å². The minimum atomic E-state index is -1.10. The van der Waals surface area contributed by atoms with Crippen LogP contribution in [-0.2, 0) is 16.1 Å². The molecule has 0 unspecified atom stereocenters. The summed E-state index contributed by atoms with van der Waals surface area (Å²) in [6.07, 6.45) is 1.50. The number of aromatic carboxylic acids is 1. The lowest BCUT2D eigenvalue weighted by Gasteiger charge is -2.07. The van der Waals surface area contributed by atoms with Gasteiger partial charge < -0.3 is 20.3 Å². The van der Waals surface area contributed by atoms with Crippen LogP contribution in [0.25, 0.3) is 0 Å². The second kappa shape index (κ2) is 6.43. The molecule has 7 heteroatoms. The van der Waals surface area contributed by atoms with E-state index in [0.717, 1.165) is 0 Å². The molecule has 18 heavy (non-hydrogen) atoms. The maximum Gasteiger partial charge on any atom is 0.352 e. The highest BCUT2D eigenvalue weighted by Crippen LogP contribution is 2.01. The van der Waals surface area contributed by atoms with Crippen molar-refractivity contribution in [3.05, 3.63) is 24.0 Å². The van der Waals surface area contributed by atoms with E-state index in [1.165, 1.54) is 16.8 Å². The van der Waals surface area contributed by atoms with Gasteiger partial charge in [0.1, 0.15) is 12.2 Å². The molecule has 3 N–H and O–H groups in total. The second-order valence-corrected chi connectivity index (χ2v) is 3.56. The van der Waals surface area contributed by atoms with Crippen LogP contribution in [0, 0.1) is 0 Å². The van der Waals surface area contributed by atoms with Gasteiger partial charge in [-0.25, -0.2) is 4.79 Å². The third-order valence-corrected chi connectivity index (χ3v) is 2.18. The molecule has 1 aromatic heterocycles. The van der Waals surface area contributed by atoms with Crippen LogP contribution in [0.2, 0.25) is 0 Å². The molecule has 1 rings (SSSR count). The first-order valence-corrected chi connectivity index (χ1v) is 5.46. The summed E-state index contributed by atoms with van der Waals surface area (Å²) in [5.74, 6) is -1.80. The van der Waals surface area contributed by atoms with Gasteiger partial charge in [0.2, 0.25) is 11.8 Å². The fourth-order valence-electron chi connectivity index (χ4n) is 1.40. The smallest absolute Gasteiger partial charge is 0.352 e. The molecule has 0 aliphatic heterocycles. The Morgan fingerprint density at radius 3 is 2.61 bits per heavy atom. The van der Waals surface area contributed by atoms with Crippen LogP contribution in [0.15, 0.2) is 18.3 Å². The lowest BCUT2D eigenvalue weighted by molar-refractivity contribution is -0.126. The number of carbonyl (C=O) groups is 3. The van der Waals surface area contributed by atoms with Gasteiger partial charge >= 0.3 is 5.97 Å². The molecular weight excluding hydrogens is 238 g/mol. The monoisotopic (exact) mass is 253 g/mol. The number of hydrogen-bond acceptors (Lipinski definition) is 3. The largest absolute Gasteiger partial charge is 0.477 e. The van der Waals surface area contributed by atoms with Crippen molar-refractivity contribution >= 4 is 17.8 Å². The van der Waals surface area contributed by atoms with Crippen LogP contribution in [0.3, 0.4) is 0 Å². The Kier molecular flexibility index (Phi) is 4.91. The summed E-state index contributed by atoms with van der Waals surface area (Å²) in [5.41, 5.74) is 0.0307. The van der Waals surface area contributed by atoms with Crippen LogP contribution < -0.4 is 10.6 Å². The number of hydrogen-bond donors (Lipinski definition) is 3. The molecule has 1 aromatic rings. The van der Waals surface area contributed by atoms with E-state index >= 15 is 0 Å². The number of carboxylic acid groups (broad SMARTS) is 1. The Bertz CT molecular complexity index is 453. The number of carboxylic acids is 1. The van der Waals surface area contributed by atoms with Crippen LogP contribution in [0.5, 0.6) is 0 Å². The molecule has 0 saturated carbocycles. The minimum absolute atomic E-state index is 0.0307. The standard InChI is InChI=1S/C11H15N3O4/c1-2-12-9(15)6-13-10(16)7-14-5-3-4-8(14)11(17)18/h3-5H,2,6-7H2,1H3,(H,12,15)(H,13,16)(H,17,18). The van der Waals surface area contributed by atoms with E-state index in [4.69, 9.17) is 5.11 Å². The summed E-state index contributed by atoms with van der Waals surface area (Å²) < 4.78 is 1.30. The van der Waals surface area contributed by atoms with E-state index in [0.29, 0.717) is 6.54 Å². The molecule has 1 heterocycles. The van der Waals surface area contributed by atoms with Crippen molar-refractivity contribution in [3.8, 4) is 0 Å². The maximum atomic E-state index is 11.5. The molecule has 98 valence electrons. The SMILES string of the molecule is CCNC(=O)CNC(=O)Cn1cccc1C(=O)O. The van der Waals surface area contributed by atoms with Crippen molar-refractivity contribution in [2.24, 2.45) is 0 Å². The molecule has 2 amide bonds. The van der Waals surface area contributed by atoms with E-state index in [1.54, 1.807) is 13.0 Å². The molecule has 0 aromatic carbocycles. The molecule has 0 spiro atoms. The Labute approximate surface area is 104 Å². The lowest BCUT2D eigenvalue weighted by atomic mass is 10.4. The van der Waals surface area contributed by atoms with Crippen molar-refractivity contribution in [1.29, 1.82) is 0 Å². The van der Waals surface area contributed by atoms with Gasteiger partial charge in [-0.2, -0.15) is 0 Å². The van der Waals surface area contributed by atoms with Crippen LogP contribution in [-0.4, -0.2) is 40.5 Å². The van der Waals surface area contributed by atoms with Gasteiger partial charge in [0, 0.05) is 12.7 Å². The lowest BCUT2D eigenvalue weighted by Crippen LogP contribution is -2.38. The predicted molar refractivity (Wildman–Crippen MR) is 63.1 cm³/mol. The second-order valence-electron chi connectivity index (χ2n) is 3.56. The number of aromatic nitrogens is 1. The fraction of sp³-hybridized carbons (Fsp3) is 0.364. The zero-order chi connectivity index (χ0) is 13.5. The number of rotatable bonds is 6. The highest BCUT2D eigenvalue weighted by atomic mass is 16.4. The van der Waals surface area contributed by atoms with Crippen LogP contribution >= 0.6 is 0 Å². The molecule has 0 atom stereocenters. The first kappa shape index (κ1) is 13.8. The summed E-state index contributed by atoms with van der Waals surface area (Å²) in [7, 11) is 0. The summed E-state index contributed by atoms with van der Waals surface area (Å²) in [6.45, 7) is 2.03. The Morgan fingerprint density at radius 1 is 1.28 bits per heavy atom. The van der Waals surface area contributed by atoms with E-state index in [1.807, 2.05) is 0 Å². The molecule has 0 radical (unpaired) electrons. The molecule has 0 saturated heterocycles. The summed E-state index contributed by atoms with van der Waals surface area (Å²) in [5, 5.41) is 13.8. The average molecular weight is 253 g/mol. The molecular formula is C11H15N3O4. The van der Waals surface area contributed by atoms with E-state index in [2.05, 4.69) is 10.6 Å². The maximum absolute atomic E-state index is 11.5. The number of nitrogens with one attached hydrogen (secondary N) is 2. The third kappa shape index (κ3) is 3.93. The molecule has 0 aliphatic carbocycles. The van der Waals surface area contributed by atoms with E-state index in [9.17, 15) is 14.4 Å². The van der Waals surface area contributed by atoms with Gasteiger partial charge in [-0.05, 0) is 19.1 Å². The number of likely N-dealkylation sites (N-methyl/N-ethyl adjacent to an activating group) is 1. The first-order valence-electron chi connectivity index (χ1n) is 5.46. The predicted octanol–water partition coefficient (Wildman–Crippen LogP) is -0.561. The number of carbonyl (C=O) groups excluding carboxylic acids is 2. The normalized spacial score (nSPS) is 9.83. The molecule has 0 aliphatic rings. The van der Waals surface area contributed by atoms with Gasteiger partial charge in [0.05, 0.1) is 6.54 Å². The number of nitrogens with zero attached hydrogens (tertiary/aromatic N) is 1. The van der Waals surface area contributed by atoms with Gasteiger partial charge in [-0.3, -0.25) is 9.59 Å². The third-order valence-electron chi connectivity index (χ3n) is 2.18. The fourth-order valence-corrected chi connectivity index (χ4v) is 1.40. The summed E-state index contributed by atoms with van der Waals surface area (Å²) in [4.78, 5) is 33.4. The highest BCUT2D eigenvalue weighted by Gasteiger charge is 2.11. The zero-order valence-corrected chi connectivity index (χ0v) is 9.97. The highest BCUT2D eigenvalue weighted by molar-refractivity contribution is 5.87. The Morgan fingerprint density at radius 2 is 2.00 bits per heavy atom. The molecule has 0 bridgehead atoms. The summed E-state index contributed by atoms with van der Waals surface area (Å²) in [6, 6.07) is 2.94. The minimum Gasteiger partial charge on any atom is -0.477 e. The topological polar surface area (TPSA) is 100 Å². The molecule has 7 nitrogen and oxygen atoms in total. The number of amides is 2. The quantitative estimate of drug-likeness (QED) is 0.632. The Balaban J connectivity index is 2.47. The van der Waals surface area contributed by atoms with Gasteiger partial charge in [0.25, 0.3) is 0 Å². The average Bonchev–Trinajstić information content (AvgIpc) is 2.75. The van der Waals surface area contributed by atoms with Crippen molar-refractivity contribution in [2.45, 2.75) is 13.5 Å². The van der Waals surface area contributed by atoms with Gasteiger partial charge in [-0.15, -0.1) is 0 Å². The van der Waals surface area contributed by atoms with Gasteiger partial charge in [-0.1, -0.05) is 0 Å². The van der Waals surface area contributed by atoms with Crippen LogP contribution in [0.1, 0.15) is 17.4 Å². The molecule has 0 fully saturated rings. The first-order chi connectivity index (χ1) is 8.54. The van der Waals surface area contributed by atoms with Crippen LogP contribution in [0.4, 0.5) is 0 Å². The van der Waals surface area contributed by atoms with Gasteiger partial charge in [0.15, 0.2) is 0 Å². The van der Waals surface area contributed by atoms with E-state index < -0.39 is 11.9 Å². The van der Waals surface area contributed by atoms with Crippen molar-refractivity contribution in [3.63, 3.8) is 0 Å². The zero-order valence-electron chi connectivity index (χ0n) is 9.97. The van der Waals surface area contributed by atoms with E-state index in [-0.39, 0.29) is 24.7 Å². The summed E-state index contributed by atoms with van der Waals surface area (Å²) >= 11 is 0. The Hall–Kier alpha value is -2.31.